The van der Waals surface area contributed by atoms with Crippen LogP contribution in [0.2, 0.25) is 0 Å². The molecular weight excluding hydrogens is 200 g/mol. The van der Waals surface area contributed by atoms with E-state index in [1.165, 1.54) is 12.0 Å². The lowest BCUT2D eigenvalue weighted by Crippen LogP contribution is -2.27. The molecule has 0 atom stereocenters. The molecule has 3 heteroatoms. The molecule has 1 aromatic rings. The van der Waals surface area contributed by atoms with Crippen molar-refractivity contribution >= 4 is 0 Å². The van der Waals surface area contributed by atoms with Crippen LogP contribution in [0, 0.1) is 0 Å². The number of ether oxygens (including phenoxy) is 1. The molecule has 0 aliphatic carbocycles. The lowest BCUT2D eigenvalue weighted by Gasteiger charge is -2.18. The number of nitrogens with two attached hydrogens (primary N) is 1. The van der Waals surface area contributed by atoms with Crippen LogP contribution in [-0.4, -0.2) is 31.1 Å². The molecular formula is C13H20N2O. The van der Waals surface area contributed by atoms with Crippen LogP contribution in [-0.2, 0) is 6.54 Å². The van der Waals surface area contributed by atoms with E-state index in [9.17, 15) is 0 Å². The van der Waals surface area contributed by atoms with E-state index in [0.717, 1.165) is 45.0 Å². The van der Waals surface area contributed by atoms with Gasteiger partial charge in [-0.1, -0.05) is 18.2 Å². The van der Waals surface area contributed by atoms with Crippen LogP contribution >= 0.6 is 0 Å². The summed E-state index contributed by atoms with van der Waals surface area (Å²) in [4.78, 5) is 2.45. The highest BCUT2D eigenvalue weighted by Gasteiger charge is 2.13. The van der Waals surface area contributed by atoms with Crippen LogP contribution in [0.3, 0.4) is 0 Å². The second-order valence-electron chi connectivity index (χ2n) is 4.23. The van der Waals surface area contributed by atoms with Crippen LogP contribution in [0.5, 0.6) is 5.75 Å². The molecule has 0 radical (unpaired) electrons. The molecule has 0 aromatic heterocycles. The zero-order valence-electron chi connectivity index (χ0n) is 9.69. The summed E-state index contributed by atoms with van der Waals surface area (Å²) in [5.41, 5.74) is 6.81. The molecule has 16 heavy (non-hydrogen) atoms. The van der Waals surface area contributed by atoms with Gasteiger partial charge in [-0.3, -0.25) is 4.90 Å². The first-order chi connectivity index (χ1) is 7.90. The number of unbranched alkanes of at least 4 members (excludes halogenated alkanes) is 1. The average molecular weight is 220 g/mol. The van der Waals surface area contributed by atoms with Crippen molar-refractivity contribution in [1.82, 2.24) is 4.90 Å². The standard InChI is InChI=1S/C13H20N2O/c14-7-3-4-8-15-9-10-16-13-6-2-1-5-12(13)11-15/h1-2,5-6H,3-4,7-11,14H2. The van der Waals surface area contributed by atoms with Crippen molar-refractivity contribution in [3.63, 3.8) is 0 Å². The molecule has 3 nitrogen and oxygen atoms in total. The van der Waals surface area contributed by atoms with E-state index in [4.69, 9.17) is 10.5 Å². The van der Waals surface area contributed by atoms with Crippen LogP contribution in [0.4, 0.5) is 0 Å². The third kappa shape index (κ3) is 2.97. The van der Waals surface area contributed by atoms with Crippen LogP contribution in [0.25, 0.3) is 0 Å². The Morgan fingerprint density at radius 2 is 2.12 bits per heavy atom. The van der Waals surface area contributed by atoms with Gasteiger partial charge in [0.15, 0.2) is 0 Å². The fourth-order valence-corrected chi connectivity index (χ4v) is 2.05. The van der Waals surface area contributed by atoms with E-state index in [1.807, 2.05) is 6.07 Å². The first kappa shape index (κ1) is 11.4. The van der Waals surface area contributed by atoms with E-state index >= 15 is 0 Å². The van der Waals surface area contributed by atoms with Crippen molar-refractivity contribution in [3.8, 4) is 5.75 Å². The Morgan fingerprint density at radius 3 is 3.00 bits per heavy atom. The molecule has 1 aliphatic heterocycles. The normalized spacial score (nSPS) is 16.3. The Bertz CT molecular complexity index is 327. The maximum absolute atomic E-state index is 5.72. The van der Waals surface area contributed by atoms with Gasteiger partial charge in [0.25, 0.3) is 0 Å². The van der Waals surface area contributed by atoms with Gasteiger partial charge < -0.3 is 10.5 Å². The van der Waals surface area contributed by atoms with Gasteiger partial charge in [0.05, 0.1) is 0 Å². The molecule has 1 aromatic carbocycles. The number of hydrogen-bond acceptors (Lipinski definition) is 3. The Balaban J connectivity index is 1.94. The number of nitrogens with zero attached hydrogens (tertiary/aromatic N) is 1. The predicted molar refractivity (Wildman–Crippen MR) is 65.5 cm³/mol. The third-order valence-electron chi connectivity index (χ3n) is 2.96. The second kappa shape index (κ2) is 5.87. The number of hydrogen-bond donors (Lipinski definition) is 1. The van der Waals surface area contributed by atoms with Crippen molar-refractivity contribution in [3.05, 3.63) is 29.8 Å². The third-order valence-corrected chi connectivity index (χ3v) is 2.96. The van der Waals surface area contributed by atoms with Gasteiger partial charge in [-0.25, -0.2) is 0 Å². The maximum Gasteiger partial charge on any atom is 0.123 e. The highest BCUT2D eigenvalue weighted by atomic mass is 16.5. The van der Waals surface area contributed by atoms with E-state index in [1.54, 1.807) is 0 Å². The topological polar surface area (TPSA) is 38.5 Å². The minimum absolute atomic E-state index is 0.791. The Kier molecular flexibility index (Phi) is 4.19. The Hall–Kier alpha value is -1.06. The van der Waals surface area contributed by atoms with Gasteiger partial charge in [0.2, 0.25) is 0 Å². The lowest BCUT2D eigenvalue weighted by molar-refractivity contribution is 0.223. The quantitative estimate of drug-likeness (QED) is 0.784. The molecule has 88 valence electrons. The fraction of sp³-hybridized carbons (Fsp3) is 0.538. The number of benzene rings is 1. The van der Waals surface area contributed by atoms with E-state index in [0.29, 0.717) is 0 Å². The van der Waals surface area contributed by atoms with Crippen LogP contribution in [0.1, 0.15) is 18.4 Å². The van der Waals surface area contributed by atoms with Crippen molar-refractivity contribution in [2.75, 3.05) is 26.2 Å². The van der Waals surface area contributed by atoms with Crippen LogP contribution in [0.15, 0.2) is 24.3 Å². The summed E-state index contributed by atoms with van der Waals surface area (Å²) in [6, 6.07) is 8.31. The minimum Gasteiger partial charge on any atom is -0.492 e. The molecule has 0 unspecified atom stereocenters. The lowest BCUT2D eigenvalue weighted by atomic mass is 10.2. The van der Waals surface area contributed by atoms with E-state index in [2.05, 4.69) is 23.1 Å². The monoisotopic (exact) mass is 220 g/mol. The molecule has 0 saturated carbocycles. The minimum atomic E-state index is 0.791. The molecule has 0 bridgehead atoms. The molecule has 1 aliphatic rings. The molecule has 0 spiro atoms. The smallest absolute Gasteiger partial charge is 0.123 e. The van der Waals surface area contributed by atoms with Crippen LogP contribution < -0.4 is 10.5 Å². The number of rotatable bonds is 4. The SMILES string of the molecule is NCCCCN1CCOc2ccccc2C1. The summed E-state index contributed by atoms with van der Waals surface area (Å²) < 4.78 is 5.72. The summed E-state index contributed by atoms with van der Waals surface area (Å²) >= 11 is 0. The predicted octanol–water partition coefficient (Wildman–Crippen LogP) is 1.62. The van der Waals surface area contributed by atoms with E-state index < -0.39 is 0 Å². The van der Waals surface area contributed by atoms with Gasteiger partial charge in [0, 0.05) is 18.7 Å². The maximum atomic E-state index is 5.72. The second-order valence-corrected chi connectivity index (χ2v) is 4.23. The fourth-order valence-electron chi connectivity index (χ4n) is 2.05. The van der Waals surface area contributed by atoms with Gasteiger partial charge in [-0.05, 0) is 32.0 Å². The van der Waals surface area contributed by atoms with E-state index in [-0.39, 0.29) is 0 Å². The highest BCUT2D eigenvalue weighted by Crippen LogP contribution is 2.22. The highest BCUT2D eigenvalue weighted by molar-refractivity contribution is 5.33. The van der Waals surface area contributed by atoms with Gasteiger partial charge in [0.1, 0.15) is 12.4 Å². The Labute approximate surface area is 97.2 Å². The zero-order valence-corrected chi connectivity index (χ0v) is 9.69. The summed E-state index contributed by atoms with van der Waals surface area (Å²) in [7, 11) is 0. The zero-order chi connectivity index (χ0) is 11.2. The largest absolute Gasteiger partial charge is 0.492 e. The van der Waals surface area contributed by atoms with Gasteiger partial charge in [-0.2, -0.15) is 0 Å². The first-order valence-corrected chi connectivity index (χ1v) is 6.03. The Morgan fingerprint density at radius 1 is 1.25 bits per heavy atom. The summed E-state index contributed by atoms with van der Waals surface area (Å²) in [6.07, 6.45) is 2.29. The molecule has 0 amide bonds. The molecule has 2 N–H and O–H groups in total. The number of para-hydroxylation sites is 1. The summed E-state index contributed by atoms with van der Waals surface area (Å²) in [6.45, 7) is 4.72. The van der Waals surface area contributed by atoms with Crippen molar-refractivity contribution in [1.29, 1.82) is 0 Å². The molecule has 0 saturated heterocycles. The summed E-state index contributed by atoms with van der Waals surface area (Å²) in [5.74, 6) is 1.05. The first-order valence-electron chi connectivity index (χ1n) is 6.03. The van der Waals surface area contributed by atoms with Gasteiger partial charge in [-0.15, -0.1) is 0 Å². The van der Waals surface area contributed by atoms with Crippen molar-refractivity contribution in [2.24, 2.45) is 5.73 Å². The average Bonchev–Trinajstić information content (AvgIpc) is 2.51. The van der Waals surface area contributed by atoms with Gasteiger partial charge >= 0.3 is 0 Å². The molecule has 2 rings (SSSR count). The molecule has 1 heterocycles. The van der Waals surface area contributed by atoms with Crippen molar-refractivity contribution < 1.29 is 4.74 Å². The molecule has 0 fully saturated rings. The number of fused-ring (bicyclic) bond motifs is 1. The summed E-state index contributed by atoms with van der Waals surface area (Å²) in [5, 5.41) is 0. The van der Waals surface area contributed by atoms with Crippen molar-refractivity contribution in [2.45, 2.75) is 19.4 Å².